The van der Waals surface area contributed by atoms with E-state index in [1.165, 1.54) is 6.33 Å². The minimum absolute atomic E-state index is 0.220. The monoisotopic (exact) mass is 485 g/mol. The van der Waals surface area contributed by atoms with Crippen LogP contribution >= 0.6 is 0 Å². The van der Waals surface area contributed by atoms with Crippen LogP contribution in [0.25, 0.3) is 22.6 Å². The molecule has 1 fully saturated rings. The van der Waals surface area contributed by atoms with Crippen molar-refractivity contribution in [1.29, 1.82) is 0 Å². The number of likely N-dealkylation sites (N-methyl/N-ethyl adjacent to an activating group) is 1. The third-order valence-electron chi connectivity index (χ3n) is 5.73. The fourth-order valence-corrected chi connectivity index (χ4v) is 4.02. The highest BCUT2D eigenvalue weighted by molar-refractivity contribution is 5.85. The molecule has 0 bridgehead atoms. The van der Waals surface area contributed by atoms with Crippen LogP contribution in [-0.2, 0) is 14.3 Å². The Morgan fingerprint density at radius 1 is 1.23 bits per heavy atom. The predicted molar refractivity (Wildman–Crippen MR) is 129 cm³/mol. The van der Waals surface area contributed by atoms with Crippen LogP contribution in [0, 0.1) is 0 Å². The maximum Gasteiger partial charge on any atom is 0.222 e. The lowest BCUT2D eigenvalue weighted by Gasteiger charge is -2.22. The quantitative estimate of drug-likeness (QED) is 0.173. The second-order valence-corrected chi connectivity index (χ2v) is 8.29. The average Bonchev–Trinajstić information content (AvgIpc) is 3.36. The van der Waals surface area contributed by atoms with Gasteiger partial charge in [-0.25, -0.2) is 15.0 Å². The van der Waals surface area contributed by atoms with Crippen molar-refractivity contribution >= 4 is 22.9 Å². The lowest BCUT2D eigenvalue weighted by Crippen LogP contribution is -2.39. The number of hydrogen-bond donors (Lipinski definition) is 3. The Morgan fingerprint density at radius 2 is 2.00 bits per heavy atom. The van der Waals surface area contributed by atoms with E-state index in [2.05, 4.69) is 20.1 Å². The van der Waals surface area contributed by atoms with E-state index in [0.29, 0.717) is 49.2 Å². The number of fused-ring (bicyclic) bond motifs is 1. The molecular formula is C23H31N7O5. The van der Waals surface area contributed by atoms with Crippen LogP contribution in [-0.4, -0.2) is 92.2 Å². The molecule has 1 aliphatic heterocycles. The SMILES string of the molecule is CCOC(C)=NOCCN(C)C[C@H]1O[C@@H](n2c(-c3ccccc3)nc3c(N)ncnc32)[C@H](O)[C@@H]1O. The van der Waals surface area contributed by atoms with Gasteiger partial charge >= 0.3 is 0 Å². The van der Waals surface area contributed by atoms with Crippen molar-refractivity contribution in [3.05, 3.63) is 36.7 Å². The topological polar surface area (TPSA) is 153 Å². The molecule has 3 heterocycles. The van der Waals surface area contributed by atoms with Gasteiger partial charge < -0.3 is 35.2 Å². The van der Waals surface area contributed by atoms with Gasteiger partial charge in [0, 0.05) is 25.6 Å². The number of aliphatic hydroxyl groups excluding tert-OH is 2. The summed E-state index contributed by atoms with van der Waals surface area (Å²) in [7, 11) is 1.87. The lowest BCUT2D eigenvalue weighted by atomic mass is 10.1. The third-order valence-corrected chi connectivity index (χ3v) is 5.73. The number of anilines is 1. The van der Waals surface area contributed by atoms with Gasteiger partial charge in [-0.05, 0) is 14.0 Å². The maximum absolute atomic E-state index is 11.0. The molecule has 1 aliphatic rings. The number of hydrogen-bond acceptors (Lipinski definition) is 11. The summed E-state index contributed by atoms with van der Waals surface area (Å²) in [4.78, 5) is 20.2. The molecule has 4 N–H and O–H groups in total. The number of nitrogens with two attached hydrogens (primary N) is 1. The highest BCUT2D eigenvalue weighted by Gasteiger charge is 2.45. The number of oxime groups is 1. The number of aromatic nitrogens is 4. The molecule has 0 aliphatic carbocycles. The number of nitrogens with zero attached hydrogens (tertiary/aromatic N) is 6. The van der Waals surface area contributed by atoms with E-state index in [0.717, 1.165) is 5.56 Å². The summed E-state index contributed by atoms with van der Waals surface area (Å²) >= 11 is 0. The smallest absolute Gasteiger partial charge is 0.222 e. The van der Waals surface area contributed by atoms with E-state index < -0.39 is 24.5 Å². The van der Waals surface area contributed by atoms with E-state index in [4.69, 9.17) is 20.0 Å². The van der Waals surface area contributed by atoms with Gasteiger partial charge in [0.05, 0.1) is 6.61 Å². The standard InChI is InChI=1S/C23H31N7O5/c1-4-33-14(2)28-34-11-10-29(3)12-16-18(31)19(32)23(35-16)30-21(15-8-6-5-7-9-15)27-17-20(24)25-13-26-22(17)30/h5-9,13,16,18-19,23,31-32H,4,10-12H2,1-3H3,(H2,24,25,26)/t16-,18-,19-,23-/m1/s1. The molecular weight excluding hydrogens is 454 g/mol. The maximum atomic E-state index is 11.0. The van der Waals surface area contributed by atoms with Gasteiger partial charge in [-0.1, -0.05) is 35.5 Å². The van der Waals surface area contributed by atoms with Crippen molar-refractivity contribution in [3.8, 4) is 11.4 Å². The molecule has 0 unspecified atom stereocenters. The van der Waals surface area contributed by atoms with Crippen LogP contribution in [0.15, 0.2) is 41.8 Å². The van der Waals surface area contributed by atoms with Crippen molar-refractivity contribution in [1.82, 2.24) is 24.4 Å². The Morgan fingerprint density at radius 3 is 2.74 bits per heavy atom. The molecule has 2 aromatic heterocycles. The van der Waals surface area contributed by atoms with Gasteiger partial charge in [-0.3, -0.25) is 4.57 Å². The van der Waals surface area contributed by atoms with E-state index in [-0.39, 0.29) is 5.82 Å². The molecule has 4 atom stereocenters. The molecule has 188 valence electrons. The Hall–Kier alpha value is -3.32. The van der Waals surface area contributed by atoms with E-state index in [9.17, 15) is 10.2 Å². The fraction of sp³-hybridized carbons (Fsp3) is 0.478. The van der Waals surface area contributed by atoms with Crippen LogP contribution in [0.1, 0.15) is 20.1 Å². The van der Waals surface area contributed by atoms with E-state index >= 15 is 0 Å². The van der Waals surface area contributed by atoms with E-state index in [1.54, 1.807) is 11.5 Å². The van der Waals surface area contributed by atoms with Gasteiger partial charge in [-0.2, -0.15) is 0 Å². The first-order chi connectivity index (χ1) is 16.9. The van der Waals surface area contributed by atoms with Crippen molar-refractivity contribution < 1.29 is 24.5 Å². The molecule has 0 saturated carbocycles. The molecule has 12 nitrogen and oxygen atoms in total. The minimum atomic E-state index is -1.21. The van der Waals surface area contributed by atoms with Gasteiger partial charge in [0.1, 0.15) is 37.1 Å². The lowest BCUT2D eigenvalue weighted by molar-refractivity contribution is -0.0427. The fourth-order valence-electron chi connectivity index (χ4n) is 4.02. The van der Waals surface area contributed by atoms with Crippen LogP contribution in [0.5, 0.6) is 0 Å². The Kier molecular flexibility index (Phi) is 7.76. The van der Waals surface area contributed by atoms with Crippen LogP contribution in [0.3, 0.4) is 0 Å². The molecule has 12 heteroatoms. The molecule has 3 aromatic rings. The third kappa shape index (κ3) is 5.35. The zero-order chi connectivity index (χ0) is 24.9. The van der Waals surface area contributed by atoms with Gasteiger partial charge in [-0.15, -0.1) is 0 Å². The summed E-state index contributed by atoms with van der Waals surface area (Å²) in [6.07, 6.45) is -2.58. The molecule has 0 radical (unpaired) electrons. The average molecular weight is 486 g/mol. The second-order valence-electron chi connectivity index (χ2n) is 8.29. The summed E-state index contributed by atoms with van der Waals surface area (Å²) in [6, 6.07) is 9.44. The molecule has 4 rings (SSSR count). The largest absolute Gasteiger partial charge is 0.479 e. The number of imidazole rings is 1. The summed E-state index contributed by atoms with van der Waals surface area (Å²) in [5.74, 6) is 1.19. The first kappa shape index (κ1) is 24.8. The van der Waals surface area contributed by atoms with Crippen molar-refractivity contribution in [2.75, 3.05) is 39.1 Å². The van der Waals surface area contributed by atoms with Crippen LogP contribution < -0.4 is 5.73 Å². The first-order valence-corrected chi connectivity index (χ1v) is 11.4. The van der Waals surface area contributed by atoms with Gasteiger partial charge in [0.25, 0.3) is 0 Å². The summed E-state index contributed by atoms with van der Waals surface area (Å²) in [6.45, 7) is 5.34. The Balaban J connectivity index is 1.52. The predicted octanol–water partition coefficient (Wildman–Crippen LogP) is 1.01. The summed E-state index contributed by atoms with van der Waals surface area (Å²) < 4.78 is 13.1. The van der Waals surface area contributed by atoms with Crippen molar-refractivity contribution in [2.24, 2.45) is 5.16 Å². The molecule has 1 aromatic carbocycles. The Bertz CT molecular complexity index is 1160. The Labute approximate surface area is 202 Å². The number of nitrogen functional groups attached to an aromatic ring is 1. The summed E-state index contributed by atoms with van der Waals surface area (Å²) in [5.41, 5.74) is 7.65. The highest BCUT2D eigenvalue weighted by Crippen LogP contribution is 2.36. The minimum Gasteiger partial charge on any atom is -0.479 e. The molecule has 0 amide bonds. The van der Waals surface area contributed by atoms with Gasteiger partial charge in [0.2, 0.25) is 5.90 Å². The highest BCUT2D eigenvalue weighted by atomic mass is 16.6. The normalized spacial score (nSPS) is 22.7. The van der Waals surface area contributed by atoms with Crippen molar-refractivity contribution in [3.63, 3.8) is 0 Å². The van der Waals surface area contributed by atoms with E-state index in [1.807, 2.05) is 49.2 Å². The molecule has 0 spiro atoms. The van der Waals surface area contributed by atoms with Crippen molar-refractivity contribution in [2.45, 2.75) is 38.4 Å². The van der Waals surface area contributed by atoms with Crippen LogP contribution in [0.2, 0.25) is 0 Å². The summed E-state index contributed by atoms with van der Waals surface area (Å²) in [5, 5.41) is 25.6. The van der Waals surface area contributed by atoms with Crippen LogP contribution in [0.4, 0.5) is 5.82 Å². The number of rotatable bonds is 9. The molecule has 35 heavy (non-hydrogen) atoms. The first-order valence-electron chi connectivity index (χ1n) is 11.4. The number of benzene rings is 1. The zero-order valence-corrected chi connectivity index (χ0v) is 20.0. The zero-order valence-electron chi connectivity index (χ0n) is 20.0. The number of aliphatic hydroxyl groups is 2. The molecule has 1 saturated heterocycles. The second kappa shape index (κ2) is 11.0. The number of ether oxygens (including phenoxy) is 2. The van der Waals surface area contributed by atoms with Gasteiger partial charge in [0.15, 0.2) is 23.2 Å².